The van der Waals surface area contributed by atoms with Crippen molar-refractivity contribution in [2.75, 3.05) is 31.2 Å². The van der Waals surface area contributed by atoms with Crippen molar-refractivity contribution >= 4 is 28.5 Å². The summed E-state index contributed by atoms with van der Waals surface area (Å²) < 4.78 is 22.0. The number of fused-ring (bicyclic) bond motifs is 1. The summed E-state index contributed by atoms with van der Waals surface area (Å²) in [5.41, 5.74) is 3.30. The van der Waals surface area contributed by atoms with Crippen LogP contribution in [0.5, 0.6) is 0 Å². The van der Waals surface area contributed by atoms with E-state index in [0.717, 1.165) is 0 Å². The van der Waals surface area contributed by atoms with Crippen LogP contribution in [0.3, 0.4) is 0 Å². The molecule has 2 aromatic carbocycles. The molecule has 0 saturated carbocycles. The summed E-state index contributed by atoms with van der Waals surface area (Å²) in [6, 6.07) is 8.63. The zero-order valence-corrected chi connectivity index (χ0v) is 23.9. The second-order valence-corrected chi connectivity index (χ2v) is 10.4. The number of aryl methyl sites for hydroxylation is 3. The maximum Gasteiger partial charge on any atom is 0.326 e. The molecule has 1 fully saturated rings. The Morgan fingerprint density at radius 2 is 1.88 bits per heavy atom. The van der Waals surface area contributed by atoms with Gasteiger partial charge in [-0.3, -0.25) is 19.1 Å². The number of carboxylic acid groups (broad SMARTS) is 1. The molecule has 2 aromatic heterocycles. The van der Waals surface area contributed by atoms with Crippen molar-refractivity contribution in [1.29, 1.82) is 0 Å². The number of benzene rings is 2. The molecule has 0 spiro atoms. The fourth-order valence-corrected chi connectivity index (χ4v) is 5.43. The SMILES string of the molecule is Cc1cc(N2CCOCC2)cc(F)c1C(=O)N[C@@H](Cc1ccc(-c2c(C)nc(C)n(C)c2=O)c2ncccc12)C(=O)O. The second-order valence-electron chi connectivity index (χ2n) is 10.4. The molecule has 11 heteroatoms. The molecular formula is C31H32FN5O5. The van der Waals surface area contributed by atoms with Crippen LogP contribution in [0.4, 0.5) is 10.1 Å². The summed E-state index contributed by atoms with van der Waals surface area (Å²) in [6.07, 6.45) is 1.51. The van der Waals surface area contributed by atoms with Gasteiger partial charge in [-0.2, -0.15) is 0 Å². The predicted octanol–water partition coefficient (Wildman–Crippen LogP) is 3.32. The number of pyridine rings is 1. The van der Waals surface area contributed by atoms with Crippen molar-refractivity contribution in [2.45, 2.75) is 33.2 Å². The molecule has 42 heavy (non-hydrogen) atoms. The quantitative estimate of drug-likeness (QED) is 0.345. The van der Waals surface area contributed by atoms with Gasteiger partial charge in [0.15, 0.2) is 0 Å². The number of morpholine rings is 1. The highest BCUT2D eigenvalue weighted by Gasteiger charge is 2.26. The third-order valence-corrected chi connectivity index (χ3v) is 7.73. The smallest absolute Gasteiger partial charge is 0.326 e. The van der Waals surface area contributed by atoms with Gasteiger partial charge in [-0.15, -0.1) is 0 Å². The Labute approximate surface area is 241 Å². The van der Waals surface area contributed by atoms with Gasteiger partial charge >= 0.3 is 5.97 Å². The Morgan fingerprint density at radius 3 is 2.57 bits per heavy atom. The summed E-state index contributed by atoms with van der Waals surface area (Å²) in [7, 11) is 1.65. The van der Waals surface area contributed by atoms with Gasteiger partial charge in [0.25, 0.3) is 11.5 Å². The van der Waals surface area contributed by atoms with E-state index in [0.29, 0.717) is 76.7 Å². The van der Waals surface area contributed by atoms with E-state index in [1.165, 1.54) is 10.6 Å². The Kier molecular flexibility index (Phi) is 8.04. The van der Waals surface area contributed by atoms with Crippen LogP contribution in [0.2, 0.25) is 0 Å². The molecule has 4 aromatic rings. The van der Waals surface area contributed by atoms with Crippen LogP contribution in [0, 0.1) is 26.6 Å². The van der Waals surface area contributed by atoms with Gasteiger partial charge in [-0.05, 0) is 50.1 Å². The summed E-state index contributed by atoms with van der Waals surface area (Å²) in [4.78, 5) is 49.6. The molecule has 1 amide bonds. The van der Waals surface area contributed by atoms with Gasteiger partial charge in [0.2, 0.25) is 0 Å². The maximum atomic E-state index is 15.2. The van der Waals surface area contributed by atoms with Crippen molar-refractivity contribution in [3.8, 4) is 11.1 Å². The zero-order valence-electron chi connectivity index (χ0n) is 23.9. The van der Waals surface area contributed by atoms with Crippen LogP contribution in [-0.4, -0.2) is 63.9 Å². The Hall–Kier alpha value is -4.64. The number of hydrogen-bond acceptors (Lipinski definition) is 7. The molecule has 1 aliphatic heterocycles. The number of rotatable bonds is 7. The van der Waals surface area contributed by atoms with Crippen LogP contribution in [0.1, 0.15) is 33.0 Å². The monoisotopic (exact) mass is 573 g/mol. The highest BCUT2D eigenvalue weighted by atomic mass is 19.1. The van der Waals surface area contributed by atoms with E-state index < -0.39 is 23.7 Å². The van der Waals surface area contributed by atoms with Crippen molar-refractivity contribution in [3.63, 3.8) is 0 Å². The first kappa shape index (κ1) is 28.9. The number of nitrogens with one attached hydrogen (secondary N) is 1. The Morgan fingerprint density at radius 1 is 1.14 bits per heavy atom. The molecule has 10 nitrogen and oxygen atoms in total. The summed E-state index contributed by atoms with van der Waals surface area (Å²) in [6.45, 7) is 7.44. The van der Waals surface area contributed by atoms with Crippen molar-refractivity contribution in [2.24, 2.45) is 7.05 Å². The number of hydrogen-bond donors (Lipinski definition) is 2. The molecule has 218 valence electrons. The third kappa shape index (κ3) is 5.47. The molecular weight excluding hydrogens is 541 g/mol. The molecule has 5 rings (SSSR count). The van der Waals surface area contributed by atoms with Crippen LogP contribution >= 0.6 is 0 Å². The molecule has 0 bridgehead atoms. The number of aliphatic carboxylic acids is 1. The van der Waals surface area contributed by atoms with E-state index in [2.05, 4.69) is 15.3 Å². The molecule has 0 aliphatic carbocycles. The van der Waals surface area contributed by atoms with Gasteiger partial charge in [0.05, 0.1) is 35.6 Å². The summed E-state index contributed by atoms with van der Waals surface area (Å²) in [5, 5.41) is 13.2. The number of carbonyl (C=O) groups excluding carboxylic acids is 1. The number of ether oxygens (including phenoxy) is 1. The molecule has 1 saturated heterocycles. The van der Waals surface area contributed by atoms with Crippen LogP contribution in [0.25, 0.3) is 22.0 Å². The lowest BCUT2D eigenvalue weighted by Gasteiger charge is -2.29. The van der Waals surface area contributed by atoms with E-state index in [9.17, 15) is 19.5 Å². The summed E-state index contributed by atoms with van der Waals surface area (Å²) in [5.74, 6) is -2.21. The zero-order chi connectivity index (χ0) is 30.1. The number of amides is 1. The number of nitrogens with zero attached hydrogens (tertiary/aromatic N) is 4. The largest absolute Gasteiger partial charge is 0.480 e. The Balaban J connectivity index is 1.46. The topological polar surface area (TPSA) is 127 Å². The first-order valence-electron chi connectivity index (χ1n) is 13.6. The van der Waals surface area contributed by atoms with Gasteiger partial charge in [0, 0.05) is 49.4 Å². The van der Waals surface area contributed by atoms with Crippen molar-refractivity contribution < 1.29 is 23.8 Å². The lowest BCUT2D eigenvalue weighted by Crippen LogP contribution is -2.43. The third-order valence-electron chi connectivity index (χ3n) is 7.73. The molecule has 3 heterocycles. The van der Waals surface area contributed by atoms with Crippen LogP contribution in [-0.2, 0) is 23.0 Å². The fraction of sp³-hybridized carbons (Fsp3) is 0.323. The number of aromatic nitrogens is 3. The first-order valence-corrected chi connectivity index (χ1v) is 13.6. The van der Waals surface area contributed by atoms with Gasteiger partial charge < -0.3 is 20.1 Å². The van der Waals surface area contributed by atoms with E-state index in [1.807, 2.05) is 4.90 Å². The molecule has 2 N–H and O–H groups in total. The average Bonchev–Trinajstić information content (AvgIpc) is 2.96. The minimum atomic E-state index is -1.35. The first-order chi connectivity index (χ1) is 20.1. The summed E-state index contributed by atoms with van der Waals surface area (Å²) >= 11 is 0. The maximum absolute atomic E-state index is 15.2. The fourth-order valence-electron chi connectivity index (χ4n) is 5.43. The normalized spacial score (nSPS) is 14.2. The van der Waals surface area contributed by atoms with Crippen LogP contribution < -0.4 is 15.8 Å². The number of carboxylic acids is 1. The molecule has 0 unspecified atom stereocenters. The average molecular weight is 574 g/mol. The Bertz CT molecular complexity index is 1740. The highest BCUT2D eigenvalue weighted by Crippen LogP contribution is 2.30. The number of carbonyl (C=O) groups is 2. The lowest BCUT2D eigenvalue weighted by molar-refractivity contribution is -0.139. The van der Waals surface area contributed by atoms with Crippen molar-refractivity contribution in [1.82, 2.24) is 19.9 Å². The second kappa shape index (κ2) is 11.7. The van der Waals surface area contributed by atoms with E-state index in [1.54, 1.807) is 64.3 Å². The van der Waals surface area contributed by atoms with Crippen LogP contribution in [0.15, 0.2) is 47.4 Å². The lowest BCUT2D eigenvalue weighted by atomic mass is 9.95. The molecule has 1 aliphatic rings. The predicted molar refractivity (Wildman–Crippen MR) is 156 cm³/mol. The number of halogens is 1. The molecule has 1 atom stereocenters. The standard InChI is InChI=1S/C31H32FN5O5/c1-17-14-21(37-10-12-42-13-11-37)16-24(32)26(17)29(38)35-25(31(40)41)15-20-7-8-23(28-22(20)6-5-9-33-28)27-18(2)34-19(3)36(4)30(27)39/h5-9,14,16,25H,10-13,15H2,1-4H3,(H,35,38)(H,40,41)/t25-/m0/s1. The van der Waals surface area contributed by atoms with E-state index in [4.69, 9.17) is 4.74 Å². The highest BCUT2D eigenvalue weighted by molar-refractivity contribution is 5.99. The van der Waals surface area contributed by atoms with Gasteiger partial charge in [-0.25, -0.2) is 14.2 Å². The van der Waals surface area contributed by atoms with Crippen molar-refractivity contribution in [3.05, 3.63) is 87.0 Å². The molecule has 0 radical (unpaired) electrons. The van der Waals surface area contributed by atoms with E-state index >= 15 is 4.39 Å². The van der Waals surface area contributed by atoms with Gasteiger partial charge in [-0.1, -0.05) is 18.2 Å². The van der Waals surface area contributed by atoms with E-state index in [-0.39, 0.29) is 17.5 Å². The van der Waals surface area contributed by atoms with Gasteiger partial charge in [0.1, 0.15) is 17.7 Å². The minimum Gasteiger partial charge on any atom is -0.480 e. The number of anilines is 1. The minimum absolute atomic E-state index is 0.0841.